The second-order valence-corrected chi connectivity index (χ2v) is 5.40. The summed E-state index contributed by atoms with van der Waals surface area (Å²) in [7, 11) is 0. The highest BCUT2D eigenvalue weighted by atomic mass is 16.6. The normalized spacial score (nSPS) is 27.0. The molecule has 1 unspecified atom stereocenters. The average Bonchev–Trinajstić information content (AvgIpc) is 2.75. The van der Waals surface area contributed by atoms with E-state index in [1.165, 1.54) is 0 Å². The van der Waals surface area contributed by atoms with Crippen LogP contribution in [0, 0.1) is 11.8 Å². The zero-order valence-electron chi connectivity index (χ0n) is 10.0. The Balaban J connectivity index is 2.14. The minimum atomic E-state index is -0.422. The molecule has 0 saturated heterocycles. The third-order valence-corrected chi connectivity index (χ3v) is 2.56. The van der Waals surface area contributed by atoms with Crippen molar-refractivity contribution in [2.24, 2.45) is 17.6 Å². The summed E-state index contributed by atoms with van der Waals surface area (Å²) in [5.41, 5.74) is 5.33. The number of hydrogen-bond acceptors (Lipinski definition) is 3. The van der Waals surface area contributed by atoms with Crippen LogP contribution < -0.4 is 11.1 Å². The van der Waals surface area contributed by atoms with Crippen LogP contribution >= 0.6 is 0 Å². The van der Waals surface area contributed by atoms with E-state index in [0.29, 0.717) is 18.4 Å². The Hall–Kier alpha value is -0.770. The van der Waals surface area contributed by atoms with Gasteiger partial charge in [-0.2, -0.15) is 0 Å². The molecule has 1 rings (SSSR count). The average molecular weight is 214 g/mol. The highest BCUT2D eigenvalue weighted by Crippen LogP contribution is 2.39. The first-order chi connectivity index (χ1) is 6.79. The highest BCUT2D eigenvalue weighted by Gasteiger charge is 2.39. The van der Waals surface area contributed by atoms with Crippen molar-refractivity contribution in [3.8, 4) is 0 Å². The summed E-state index contributed by atoms with van der Waals surface area (Å²) in [6, 6.07) is 0.232. The molecular weight excluding hydrogens is 192 g/mol. The van der Waals surface area contributed by atoms with E-state index in [2.05, 4.69) is 5.32 Å². The number of nitrogens with two attached hydrogens (primary N) is 1. The van der Waals surface area contributed by atoms with Crippen LogP contribution in [0.4, 0.5) is 4.79 Å². The van der Waals surface area contributed by atoms with Gasteiger partial charge in [-0.1, -0.05) is 0 Å². The summed E-state index contributed by atoms with van der Waals surface area (Å²) in [6.45, 7) is 8.26. The van der Waals surface area contributed by atoms with Crippen molar-refractivity contribution >= 4 is 6.09 Å². The molecule has 4 heteroatoms. The molecule has 15 heavy (non-hydrogen) atoms. The molecular formula is C11H22N2O2. The zero-order chi connectivity index (χ0) is 11.6. The third-order valence-electron chi connectivity index (χ3n) is 2.56. The zero-order valence-corrected chi connectivity index (χ0v) is 10.0. The molecule has 3 N–H and O–H groups in total. The highest BCUT2D eigenvalue weighted by molar-refractivity contribution is 5.67. The van der Waals surface area contributed by atoms with Gasteiger partial charge in [0.2, 0.25) is 0 Å². The van der Waals surface area contributed by atoms with Crippen LogP contribution in [-0.2, 0) is 4.74 Å². The largest absolute Gasteiger partial charge is 0.444 e. The van der Waals surface area contributed by atoms with Crippen LogP contribution in [-0.4, -0.2) is 24.3 Å². The summed E-state index contributed by atoms with van der Waals surface area (Å²) < 4.78 is 5.13. The third kappa shape index (κ3) is 4.51. The quantitative estimate of drug-likeness (QED) is 0.748. The number of alkyl carbamates (subject to hydrolysis) is 1. The van der Waals surface area contributed by atoms with Crippen molar-refractivity contribution in [3.05, 3.63) is 0 Å². The first-order valence-electron chi connectivity index (χ1n) is 5.52. The molecule has 1 saturated carbocycles. The van der Waals surface area contributed by atoms with Crippen LogP contribution in [0.3, 0.4) is 0 Å². The first kappa shape index (κ1) is 12.3. The molecule has 0 aromatic heterocycles. The molecule has 0 aliphatic heterocycles. The molecule has 0 aromatic rings. The van der Waals surface area contributed by atoms with Crippen LogP contribution in [0.15, 0.2) is 0 Å². The smallest absolute Gasteiger partial charge is 0.407 e. The van der Waals surface area contributed by atoms with Crippen molar-refractivity contribution in [1.29, 1.82) is 0 Å². The van der Waals surface area contributed by atoms with Gasteiger partial charge in [0.25, 0.3) is 0 Å². The number of rotatable bonds is 3. The molecule has 1 amide bonds. The summed E-state index contributed by atoms with van der Waals surface area (Å²) in [4.78, 5) is 11.3. The van der Waals surface area contributed by atoms with E-state index in [-0.39, 0.29) is 12.1 Å². The predicted molar refractivity (Wildman–Crippen MR) is 59.5 cm³/mol. The number of ether oxygens (including phenoxy) is 1. The molecule has 0 heterocycles. The van der Waals surface area contributed by atoms with Gasteiger partial charge < -0.3 is 15.8 Å². The van der Waals surface area contributed by atoms with Crippen LogP contribution in [0.25, 0.3) is 0 Å². The Kier molecular flexibility index (Phi) is 3.60. The first-order valence-corrected chi connectivity index (χ1v) is 5.52. The fraction of sp³-hybridized carbons (Fsp3) is 0.909. The molecule has 0 aromatic carbocycles. The minimum Gasteiger partial charge on any atom is -0.444 e. The van der Waals surface area contributed by atoms with Gasteiger partial charge in [-0.3, -0.25) is 0 Å². The Morgan fingerprint density at radius 3 is 2.60 bits per heavy atom. The molecule has 4 nitrogen and oxygen atoms in total. The van der Waals surface area contributed by atoms with Crippen LogP contribution in [0.1, 0.15) is 34.1 Å². The molecule has 88 valence electrons. The van der Waals surface area contributed by atoms with Gasteiger partial charge in [0.1, 0.15) is 5.60 Å². The van der Waals surface area contributed by atoms with Gasteiger partial charge in [0.05, 0.1) is 0 Å². The SMILES string of the molecule is CC(N)[C@H]1C[C@H]1CNC(=O)OC(C)(C)C. The van der Waals surface area contributed by atoms with Crippen molar-refractivity contribution < 1.29 is 9.53 Å². The fourth-order valence-corrected chi connectivity index (χ4v) is 1.68. The van der Waals surface area contributed by atoms with Gasteiger partial charge in [-0.15, -0.1) is 0 Å². The number of nitrogens with one attached hydrogen (secondary N) is 1. The summed E-state index contributed by atoms with van der Waals surface area (Å²) in [5.74, 6) is 1.11. The van der Waals surface area contributed by atoms with E-state index < -0.39 is 5.60 Å². The maximum atomic E-state index is 11.3. The molecule has 3 atom stereocenters. The van der Waals surface area contributed by atoms with E-state index in [4.69, 9.17) is 10.5 Å². The predicted octanol–water partition coefficient (Wildman–Crippen LogP) is 1.49. The lowest BCUT2D eigenvalue weighted by Crippen LogP contribution is -2.34. The lowest BCUT2D eigenvalue weighted by molar-refractivity contribution is 0.0524. The van der Waals surface area contributed by atoms with Crippen molar-refractivity contribution in [1.82, 2.24) is 5.32 Å². The number of hydrogen-bond donors (Lipinski definition) is 2. The summed E-state index contributed by atoms with van der Waals surface area (Å²) >= 11 is 0. The monoisotopic (exact) mass is 214 g/mol. The lowest BCUT2D eigenvalue weighted by atomic mass is 10.2. The molecule has 1 aliphatic rings. The minimum absolute atomic E-state index is 0.232. The molecule has 1 aliphatic carbocycles. The van der Waals surface area contributed by atoms with E-state index in [0.717, 1.165) is 6.42 Å². The Morgan fingerprint density at radius 1 is 1.60 bits per heavy atom. The van der Waals surface area contributed by atoms with Gasteiger partial charge in [-0.05, 0) is 46.0 Å². The van der Waals surface area contributed by atoms with Crippen LogP contribution in [0.2, 0.25) is 0 Å². The van der Waals surface area contributed by atoms with Gasteiger partial charge in [0.15, 0.2) is 0 Å². The summed E-state index contributed by atoms with van der Waals surface area (Å²) in [5, 5.41) is 2.77. The van der Waals surface area contributed by atoms with Crippen molar-refractivity contribution in [2.45, 2.75) is 45.8 Å². The molecule has 1 fully saturated rings. The number of carbonyl (C=O) groups is 1. The van der Waals surface area contributed by atoms with Gasteiger partial charge in [-0.25, -0.2) is 4.79 Å². The molecule has 0 bridgehead atoms. The number of carbonyl (C=O) groups excluding carboxylic acids is 1. The van der Waals surface area contributed by atoms with Crippen molar-refractivity contribution in [3.63, 3.8) is 0 Å². The van der Waals surface area contributed by atoms with Gasteiger partial charge >= 0.3 is 6.09 Å². The Morgan fingerprint density at radius 2 is 2.20 bits per heavy atom. The second-order valence-electron chi connectivity index (χ2n) is 5.40. The maximum Gasteiger partial charge on any atom is 0.407 e. The summed E-state index contributed by atoms with van der Waals surface area (Å²) in [6.07, 6.45) is 0.783. The topological polar surface area (TPSA) is 64.3 Å². The van der Waals surface area contributed by atoms with Gasteiger partial charge in [0, 0.05) is 12.6 Å². The fourth-order valence-electron chi connectivity index (χ4n) is 1.68. The Bertz CT molecular complexity index is 233. The maximum absolute atomic E-state index is 11.3. The Labute approximate surface area is 91.5 Å². The van der Waals surface area contributed by atoms with Crippen molar-refractivity contribution in [2.75, 3.05) is 6.54 Å². The van der Waals surface area contributed by atoms with E-state index in [9.17, 15) is 4.79 Å². The van der Waals surface area contributed by atoms with E-state index in [1.807, 2.05) is 27.7 Å². The molecule has 0 radical (unpaired) electrons. The standard InChI is InChI=1S/C11H22N2O2/c1-7(12)9-5-8(9)6-13-10(14)15-11(2,3)4/h7-9H,5-6,12H2,1-4H3,(H,13,14)/t7?,8-,9+/m0/s1. The van der Waals surface area contributed by atoms with E-state index >= 15 is 0 Å². The van der Waals surface area contributed by atoms with Crippen LogP contribution in [0.5, 0.6) is 0 Å². The van der Waals surface area contributed by atoms with E-state index in [1.54, 1.807) is 0 Å². The second kappa shape index (κ2) is 4.39. The lowest BCUT2D eigenvalue weighted by Gasteiger charge is -2.19. The number of amides is 1. The molecule has 0 spiro atoms.